The van der Waals surface area contributed by atoms with Crippen molar-refractivity contribution in [1.82, 2.24) is 10.6 Å². The number of aliphatic hydroxyl groups is 1. The van der Waals surface area contributed by atoms with Gasteiger partial charge in [0.1, 0.15) is 6.23 Å². The van der Waals surface area contributed by atoms with Crippen LogP contribution in [0, 0.1) is 0 Å². The van der Waals surface area contributed by atoms with Crippen molar-refractivity contribution in [2.75, 3.05) is 6.54 Å². The van der Waals surface area contributed by atoms with E-state index in [1.165, 1.54) is 0 Å². The summed E-state index contributed by atoms with van der Waals surface area (Å²) >= 11 is 0. The Kier molecular flexibility index (Phi) is 3.30. The smallest absolute Gasteiger partial charge is 0.105 e. The second kappa shape index (κ2) is 4.04. The second-order valence-electron chi connectivity index (χ2n) is 3.52. The second-order valence-corrected chi connectivity index (χ2v) is 3.52. The lowest BCUT2D eigenvalue weighted by Crippen LogP contribution is -2.39. The summed E-state index contributed by atoms with van der Waals surface area (Å²) in [4.78, 5) is 0. The lowest BCUT2D eigenvalue weighted by Gasteiger charge is -2.14. The Morgan fingerprint density at radius 2 is 2.27 bits per heavy atom. The molecule has 0 aromatic heterocycles. The first-order valence-electron chi connectivity index (χ1n) is 4.36. The van der Waals surface area contributed by atoms with E-state index in [1.807, 2.05) is 0 Å². The Labute approximate surface area is 68.2 Å². The van der Waals surface area contributed by atoms with Crippen LogP contribution >= 0.6 is 0 Å². The number of hydrogen-bond donors (Lipinski definition) is 3. The molecule has 3 N–H and O–H groups in total. The SMILES string of the molecule is CC(C)NC[C@H]1CCC(O)N1. The van der Waals surface area contributed by atoms with Crippen LogP contribution in [0.3, 0.4) is 0 Å². The highest BCUT2D eigenvalue weighted by molar-refractivity contribution is 4.79. The molecule has 0 spiro atoms. The van der Waals surface area contributed by atoms with Crippen molar-refractivity contribution < 1.29 is 5.11 Å². The molecule has 1 aliphatic heterocycles. The van der Waals surface area contributed by atoms with Gasteiger partial charge in [0.25, 0.3) is 0 Å². The molecule has 1 fully saturated rings. The summed E-state index contributed by atoms with van der Waals surface area (Å²) in [6.07, 6.45) is 1.71. The third-order valence-corrected chi connectivity index (χ3v) is 1.99. The summed E-state index contributed by atoms with van der Waals surface area (Å²) in [5.41, 5.74) is 0. The van der Waals surface area contributed by atoms with Crippen LogP contribution in [-0.2, 0) is 0 Å². The molecule has 1 aliphatic rings. The molecule has 1 saturated heterocycles. The Bertz CT molecular complexity index is 117. The lowest BCUT2D eigenvalue weighted by molar-refractivity contribution is 0.154. The minimum Gasteiger partial charge on any atom is -0.379 e. The fourth-order valence-corrected chi connectivity index (χ4v) is 1.34. The van der Waals surface area contributed by atoms with Gasteiger partial charge >= 0.3 is 0 Å². The predicted molar refractivity (Wildman–Crippen MR) is 45.3 cm³/mol. The van der Waals surface area contributed by atoms with Crippen LogP contribution in [0.2, 0.25) is 0 Å². The van der Waals surface area contributed by atoms with Crippen LogP contribution in [0.25, 0.3) is 0 Å². The van der Waals surface area contributed by atoms with Gasteiger partial charge in [0.15, 0.2) is 0 Å². The normalized spacial score (nSPS) is 31.6. The maximum absolute atomic E-state index is 9.13. The summed E-state index contributed by atoms with van der Waals surface area (Å²) in [7, 11) is 0. The van der Waals surface area contributed by atoms with Gasteiger partial charge in [-0.15, -0.1) is 0 Å². The minimum atomic E-state index is -0.269. The Morgan fingerprint density at radius 1 is 1.55 bits per heavy atom. The molecule has 3 heteroatoms. The quantitative estimate of drug-likeness (QED) is 0.544. The highest BCUT2D eigenvalue weighted by Gasteiger charge is 2.20. The van der Waals surface area contributed by atoms with Gasteiger partial charge in [-0.3, -0.25) is 5.32 Å². The van der Waals surface area contributed by atoms with Gasteiger partial charge in [0.05, 0.1) is 0 Å². The van der Waals surface area contributed by atoms with Gasteiger partial charge in [-0.1, -0.05) is 13.8 Å². The zero-order valence-corrected chi connectivity index (χ0v) is 7.30. The molecule has 1 heterocycles. The van der Waals surface area contributed by atoms with Crippen molar-refractivity contribution >= 4 is 0 Å². The summed E-state index contributed by atoms with van der Waals surface area (Å²) in [5, 5.41) is 15.6. The fraction of sp³-hybridized carbons (Fsp3) is 1.00. The van der Waals surface area contributed by atoms with E-state index in [9.17, 15) is 0 Å². The van der Waals surface area contributed by atoms with Crippen molar-refractivity contribution in [2.24, 2.45) is 0 Å². The van der Waals surface area contributed by atoms with E-state index in [2.05, 4.69) is 24.5 Å². The van der Waals surface area contributed by atoms with Gasteiger partial charge in [-0.25, -0.2) is 0 Å². The molecular weight excluding hydrogens is 140 g/mol. The molecular formula is C8H18N2O. The molecule has 0 radical (unpaired) electrons. The summed E-state index contributed by atoms with van der Waals surface area (Å²) in [6.45, 7) is 5.23. The molecule has 0 aliphatic carbocycles. The summed E-state index contributed by atoms with van der Waals surface area (Å²) in [6, 6.07) is 1.00. The zero-order chi connectivity index (χ0) is 8.27. The van der Waals surface area contributed by atoms with E-state index in [1.54, 1.807) is 0 Å². The van der Waals surface area contributed by atoms with Gasteiger partial charge in [-0.2, -0.15) is 0 Å². The third-order valence-electron chi connectivity index (χ3n) is 1.99. The van der Waals surface area contributed by atoms with Crippen molar-refractivity contribution in [3.63, 3.8) is 0 Å². The first-order chi connectivity index (χ1) is 5.18. The van der Waals surface area contributed by atoms with Crippen LogP contribution in [0.5, 0.6) is 0 Å². The molecule has 1 unspecified atom stereocenters. The molecule has 11 heavy (non-hydrogen) atoms. The number of hydrogen-bond acceptors (Lipinski definition) is 3. The topological polar surface area (TPSA) is 44.3 Å². The zero-order valence-electron chi connectivity index (χ0n) is 7.30. The molecule has 0 aromatic rings. The van der Waals surface area contributed by atoms with Crippen molar-refractivity contribution in [3.05, 3.63) is 0 Å². The average Bonchev–Trinajstić information content (AvgIpc) is 2.31. The summed E-state index contributed by atoms with van der Waals surface area (Å²) < 4.78 is 0. The molecule has 0 aromatic carbocycles. The Hall–Kier alpha value is -0.120. The van der Waals surface area contributed by atoms with Crippen molar-refractivity contribution in [3.8, 4) is 0 Å². The minimum absolute atomic E-state index is 0.269. The van der Waals surface area contributed by atoms with Crippen LogP contribution in [-0.4, -0.2) is 30.0 Å². The first-order valence-corrected chi connectivity index (χ1v) is 4.36. The molecule has 2 atom stereocenters. The third kappa shape index (κ3) is 3.18. The molecule has 1 rings (SSSR count). The molecule has 0 saturated carbocycles. The largest absolute Gasteiger partial charge is 0.379 e. The molecule has 66 valence electrons. The number of aliphatic hydroxyl groups excluding tert-OH is 1. The average molecular weight is 158 g/mol. The lowest BCUT2D eigenvalue weighted by atomic mass is 10.2. The van der Waals surface area contributed by atoms with E-state index in [4.69, 9.17) is 5.11 Å². The summed E-state index contributed by atoms with van der Waals surface area (Å²) in [5.74, 6) is 0. The van der Waals surface area contributed by atoms with E-state index in [0.717, 1.165) is 19.4 Å². The van der Waals surface area contributed by atoms with Crippen LogP contribution in [0.1, 0.15) is 26.7 Å². The van der Waals surface area contributed by atoms with Crippen molar-refractivity contribution in [1.29, 1.82) is 0 Å². The van der Waals surface area contributed by atoms with Gasteiger partial charge in [0.2, 0.25) is 0 Å². The van der Waals surface area contributed by atoms with Gasteiger partial charge < -0.3 is 10.4 Å². The maximum Gasteiger partial charge on any atom is 0.105 e. The van der Waals surface area contributed by atoms with E-state index >= 15 is 0 Å². The molecule has 0 bridgehead atoms. The Morgan fingerprint density at radius 3 is 2.73 bits per heavy atom. The van der Waals surface area contributed by atoms with E-state index < -0.39 is 0 Å². The first kappa shape index (κ1) is 8.97. The fourth-order valence-electron chi connectivity index (χ4n) is 1.34. The van der Waals surface area contributed by atoms with Gasteiger partial charge in [-0.05, 0) is 12.8 Å². The van der Waals surface area contributed by atoms with Crippen molar-refractivity contribution in [2.45, 2.75) is 45.0 Å². The molecule has 0 amide bonds. The molecule has 3 nitrogen and oxygen atoms in total. The standard InChI is InChI=1S/C8H18N2O/c1-6(2)9-5-7-3-4-8(11)10-7/h6-11H,3-5H2,1-2H3/t7-,8?/m1/s1. The Balaban J connectivity index is 2.08. The number of nitrogens with one attached hydrogen (secondary N) is 2. The van der Waals surface area contributed by atoms with Crippen LogP contribution < -0.4 is 10.6 Å². The maximum atomic E-state index is 9.13. The number of rotatable bonds is 3. The monoisotopic (exact) mass is 158 g/mol. The van der Waals surface area contributed by atoms with E-state index in [-0.39, 0.29) is 6.23 Å². The van der Waals surface area contributed by atoms with Gasteiger partial charge in [0, 0.05) is 18.6 Å². The predicted octanol–water partition coefficient (Wildman–Crippen LogP) is 0.0548. The van der Waals surface area contributed by atoms with Crippen LogP contribution in [0.15, 0.2) is 0 Å². The highest BCUT2D eigenvalue weighted by atomic mass is 16.3. The van der Waals surface area contributed by atoms with Crippen LogP contribution in [0.4, 0.5) is 0 Å². The van der Waals surface area contributed by atoms with E-state index in [0.29, 0.717) is 12.1 Å². The highest BCUT2D eigenvalue weighted by Crippen LogP contribution is 2.08.